The van der Waals surface area contributed by atoms with Gasteiger partial charge >= 0.3 is 10.4 Å². The molecule has 0 bridgehead atoms. The van der Waals surface area contributed by atoms with E-state index < -0.39 is 33.8 Å². The van der Waals surface area contributed by atoms with Crippen molar-refractivity contribution in [2.45, 2.75) is 32.4 Å². The predicted molar refractivity (Wildman–Crippen MR) is 51.2 cm³/mol. The van der Waals surface area contributed by atoms with Crippen molar-refractivity contribution in [3.63, 3.8) is 0 Å². The summed E-state index contributed by atoms with van der Waals surface area (Å²) in [4.78, 5) is 22.2. The van der Waals surface area contributed by atoms with E-state index in [-0.39, 0.29) is 0 Å². The van der Waals surface area contributed by atoms with Crippen LogP contribution in [0, 0.1) is 0 Å². The molecule has 1 aliphatic heterocycles. The van der Waals surface area contributed by atoms with Gasteiger partial charge in [-0.25, -0.2) is 0 Å². The Kier molecular flexibility index (Phi) is 2.96. The van der Waals surface area contributed by atoms with Gasteiger partial charge in [0.25, 0.3) is 5.91 Å². The molecule has 2 N–H and O–H groups in total. The Bertz CT molecular complexity index is 428. The molecular weight excluding hydrogens is 240 g/mol. The second-order valence-electron chi connectivity index (χ2n) is 3.92. The molecule has 0 unspecified atom stereocenters. The molecule has 1 atom stereocenters. The number of amides is 2. The maximum atomic E-state index is 11.4. The van der Waals surface area contributed by atoms with Gasteiger partial charge < -0.3 is 5.32 Å². The van der Waals surface area contributed by atoms with Crippen molar-refractivity contribution >= 4 is 22.2 Å². The number of carbonyl (C=O) groups is 2. The molecule has 1 aliphatic rings. The highest BCUT2D eigenvalue weighted by Gasteiger charge is 2.57. The molecule has 0 aromatic heterocycles. The van der Waals surface area contributed by atoms with Crippen molar-refractivity contribution < 1.29 is 26.8 Å². The van der Waals surface area contributed by atoms with Gasteiger partial charge in [0, 0.05) is 6.92 Å². The zero-order valence-electron chi connectivity index (χ0n) is 8.92. The maximum absolute atomic E-state index is 11.4. The summed E-state index contributed by atoms with van der Waals surface area (Å²) in [6.07, 6.45) is 0. The van der Waals surface area contributed by atoms with Crippen LogP contribution >= 0.6 is 0 Å². The lowest BCUT2D eigenvalue weighted by molar-refractivity contribution is -0.218. The number of hydrogen-bond acceptors (Lipinski definition) is 5. The molecule has 8 nitrogen and oxygen atoms in total. The van der Waals surface area contributed by atoms with Crippen LogP contribution in [-0.4, -0.2) is 41.4 Å². The molecule has 2 amide bonds. The number of carbonyl (C=O) groups excluding carboxylic acids is 2. The van der Waals surface area contributed by atoms with Crippen molar-refractivity contribution in [2.24, 2.45) is 0 Å². The van der Waals surface area contributed by atoms with E-state index in [9.17, 15) is 18.0 Å². The number of hydroxylamine groups is 2. The summed E-state index contributed by atoms with van der Waals surface area (Å²) in [5.41, 5.74) is -1.04. The lowest BCUT2D eigenvalue weighted by atomic mass is 9.84. The van der Waals surface area contributed by atoms with Gasteiger partial charge in [0.15, 0.2) is 0 Å². The van der Waals surface area contributed by atoms with Crippen LogP contribution in [0.2, 0.25) is 0 Å². The Morgan fingerprint density at radius 1 is 1.56 bits per heavy atom. The first-order chi connectivity index (χ1) is 7.05. The fourth-order valence-corrected chi connectivity index (χ4v) is 1.88. The van der Waals surface area contributed by atoms with Gasteiger partial charge in [-0.15, -0.1) is 4.28 Å². The second-order valence-corrected chi connectivity index (χ2v) is 4.93. The van der Waals surface area contributed by atoms with Gasteiger partial charge in [0.05, 0.1) is 5.54 Å². The molecular formula is C7H12N2O6S. The predicted octanol–water partition coefficient (Wildman–Crippen LogP) is -1.15. The van der Waals surface area contributed by atoms with Crippen LogP contribution in [0.15, 0.2) is 0 Å². The van der Waals surface area contributed by atoms with Crippen LogP contribution < -0.4 is 5.32 Å². The largest absolute Gasteiger partial charge is 0.418 e. The number of hydrogen-bond donors (Lipinski definition) is 2. The number of nitrogens with zero attached hydrogens (tertiary/aromatic N) is 1. The summed E-state index contributed by atoms with van der Waals surface area (Å²) in [6, 6.07) is -0.869. The standard InChI is InChI=1S/C7H12N2O6S/c1-4(10)8-5-6(11)9(7(5,2)3)15-16(12,13)14/h5H,1-3H3,(H,8,10)(H,12,13,14)/t5-/m1/s1. The molecule has 0 aromatic carbocycles. The highest BCUT2D eigenvalue weighted by molar-refractivity contribution is 7.80. The molecule has 0 aromatic rings. The minimum Gasteiger partial charge on any atom is -0.342 e. The zero-order chi connectivity index (χ0) is 12.7. The Hall–Kier alpha value is -1.19. The summed E-state index contributed by atoms with van der Waals surface area (Å²) in [7, 11) is -4.75. The Morgan fingerprint density at radius 3 is 2.38 bits per heavy atom. The van der Waals surface area contributed by atoms with Crippen LogP contribution in [-0.2, 0) is 24.3 Å². The fraction of sp³-hybridized carbons (Fsp3) is 0.714. The van der Waals surface area contributed by atoms with E-state index in [1.54, 1.807) is 0 Å². The van der Waals surface area contributed by atoms with E-state index in [0.29, 0.717) is 5.06 Å². The van der Waals surface area contributed by atoms with Crippen LogP contribution in [0.4, 0.5) is 0 Å². The van der Waals surface area contributed by atoms with Crippen LogP contribution in [0.3, 0.4) is 0 Å². The molecule has 1 fully saturated rings. The van der Waals surface area contributed by atoms with Gasteiger partial charge in [-0.1, -0.05) is 0 Å². The fourth-order valence-electron chi connectivity index (χ4n) is 1.42. The highest BCUT2D eigenvalue weighted by Crippen LogP contribution is 2.32. The normalized spacial score (nSPS) is 23.9. The topological polar surface area (TPSA) is 113 Å². The van der Waals surface area contributed by atoms with Crippen molar-refractivity contribution in [3.05, 3.63) is 0 Å². The van der Waals surface area contributed by atoms with Crippen molar-refractivity contribution in [1.82, 2.24) is 10.4 Å². The van der Waals surface area contributed by atoms with Crippen molar-refractivity contribution in [1.29, 1.82) is 0 Å². The van der Waals surface area contributed by atoms with Crippen LogP contribution in [0.5, 0.6) is 0 Å². The molecule has 0 radical (unpaired) electrons. The van der Waals surface area contributed by atoms with Crippen LogP contribution in [0.1, 0.15) is 20.8 Å². The first-order valence-corrected chi connectivity index (χ1v) is 5.70. The van der Waals surface area contributed by atoms with E-state index in [1.165, 1.54) is 20.8 Å². The van der Waals surface area contributed by atoms with E-state index in [1.807, 2.05) is 0 Å². The quantitative estimate of drug-likeness (QED) is 0.484. The SMILES string of the molecule is CC(=O)N[C@@H]1C(=O)N(OS(=O)(=O)O)C1(C)C. The van der Waals surface area contributed by atoms with Crippen molar-refractivity contribution in [2.75, 3.05) is 0 Å². The molecule has 1 rings (SSSR count). The van der Waals surface area contributed by atoms with E-state index in [2.05, 4.69) is 9.60 Å². The minimum atomic E-state index is -4.75. The molecule has 92 valence electrons. The average molecular weight is 252 g/mol. The molecule has 1 saturated heterocycles. The van der Waals surface area contributed by atoms with Gasteiger partial charge in [-0.2, -0.15) is 13.5 Å². The molecule has 16 heavy (non-hydrogen) atoms. The first-order valence-electron chi connectivity index (χ1n) is 4.34. The summed E-state index contributed by atoms with van der Waals surface area (Å²) < 4.78 is 33.4. The highest BCUT2D eigenvalue weighted by atomic mass is 32.3. The zero-order valence-corrected chi connectivity index (χ0v) is 9.74. The third-order valence-electron chi connectivity index (χ3n) is 2.19. The molecule has 1 heterocycles. The summed E-state index contributed by atoms with van der Waals surface area (Å²) in [5, 5.41) is 2.85. The maximum Gasteiger partial charge on any atom is 0.418 e. The van der Waals surface area contributed by atoms with Gasteiger partial charge in [-0.05, 0) is 13.8 Å². The van der Waals surface area contributed by atoms with E-state index in [0.717, 1.165) is 0 Å². The molecule has 9 heteroatoms. The van der Waals surface area contributed by atoms with Gasteiger partial charge in [-0.3, -0.25) is 14.1 Å². The van der Waals surface area contributed by atoms with Gasteiger partial charge in [0.1, 0.15) is 6.04 Å². The molecule has 0 aliphatic carbocycles. The lowest BCUT2D eigenvalue weighted by Gasteiger charge is -2.50. The second kappa shape index (κ2) is 3.68. The Morgan fingerprint density at radius 2 is 2.06 bits per heavy atom. The van der Waals surface area contributed by atoms with Crippen molar-refractivity contribution in [3.8, 4) is 0 Å². The summed E-state index contributed by atoms with van der Waals surface area (Å²) in [5.74, 6) is -1.16. The summed E-state index contributed by atoms with van der Waals surface area (Å²) in [6.45, 7) is 4.20. The first kappa shape index (κ1) is 12.9. The minimum absolute atomic E-state index is 0.419. The van der Waals surface area contributed by atoms with E-state index >= 15 is 0 Å². The smallest absolute Gasteiger partial charge is 0.342 e. The van der Waals surface area contributed by atoms with Crippen LogP contribution in [0.25, 0.3) is 0 Å². The van der Waals surface area contributed by atoms with Gasteiger partial charge in [0.2, 0.25) is 5.91 Å². The molecule has 0 spiro atoms. The Balaban J connectivity index is 2.80. The lowest BCUT2D eigenvalue weighted by Crippen LogP contribution is -2.76. The summed E-state index contributed by atoms with van der Waals surface area (Å²) >= 11 is 0. The average Bonchev–Trinajstić information content (AvgIpc) is 2.08. The molecule has 0 saturated carbocycles. The number of β-lactam (4-membered cyclic amide) rings is 1. The number of nitrogens with one attached hydrogen (secondary N) is 1. The number of rotatable bonds is 3. The Labute approximate surface area is 92.5 Å². The third-order valence-corrected chi connectivity index (χ3v) is 2.53. The monoisotopic (exact) mass is 252 g/mol. The van der Waals surface area contributed by atoms with E-state index in [4.69, 9.17) is 4.55 Å². The third kappa shape index (κ3) is 2.31.